The van der Waals surface area contributed by atoms with Gasteiger partial charge in [0.05, 0.1) is 12.7 Å². The van der Waals surface area contributed by atoms with E-state index in [0.717, 1.165) is 0 Å². The highest BCUT2D eigenvalue weighted by molar-refractivity contribution is 5.99. The molecule has 1 aromatic rings. The Hall–Kier alpha value is -2.04. The van der Waals surface area contributed by atoms with Crippen LogP contribution >= 0.6 is 0 Å². The molecule has 15 heavy (non-hydrogen) atoms. The number of hydrogen-bond acceptors (Lipinski definition) is 5. The van der Waals surface area contributed by atoms with Crippen LogP contribution in [0.15, 0.2) is 12.1 Å². The van der Waals surface area contributed by atoms with Gasteiger partial charge in [-0.05, 0) is 12.1 Å². The topological polar surface area (TPSA) is 61.8 Å². The molecule has 1 aliphatic heterocycles. The van der Waals surface area contributed by atoms with Crippen LogP contribution in [0.5, 0.6) is 11.5 Å². The Balaban J connectivity index is 2.53. The molecule has 0 unspecified atom stereocenters. The van der Waals surface area contributed by atoms with Gasteiger partial charge < -0.3 is 14.2 Å². The molecule has 1 aromatic carbocycles. The zero-order valence-electron chi connectivity index (χ0n) is 7.98. The van der Waals surface area contributed by atoms with E-state index in [-0.39, 0.29) is 17.9 Å². The third kappa shape index (κ3) is 1.52. The minimum atomic E-state index is -0.574. The van der Waals surface area contributed by atoms with Crippen molar-refractivity contribution in [3.05, 3.63) is 23.3 Å². The molecule has 0 atom stereocenters. The molecule has 0 amide bonds. The third-order valence-electron chi connectivity index (χ3n) is 2.08. The Morgan fingerprint density at radius 3 is 2.67 bits per heavy atom. The predicted octanol–water partition coefficient (Wildman–Crippen LogP) is 1.01. The molecule has 0 bridgehead atoms. The number of hydrogen-bond donors (Lipinski definition) is 0. The monoisotopic (exact) mass is 208 g/mol. The van der Waals surface area contributed by atoms with Crippen molar-refractivity contribution in [1.29, 1.82) is 0 Å². The van der Waals surface area contributed by atoms with Gasteiger partial charge in [-0.3, -0.25) is 4.79 Å². The molecule has 78 valence electrons. The first-order valence-electron chi connectivity index (χ1n) is 4.23. The van der Waals surface area contributed by atoms with Crippen molar-refractivity contribution >= 4 is 12.3 Å². The van der Waals surface area contributed by atoms with Gasteiger partial charge in [-0.25, -0.2) is 4.79 Å². The van der Waals surface area contributed by atoms with E-state index in [2.05, 4.69) is 4.74 Å². The molecule has 0 N–H and O–H groups in total. The van der Waals surface area contributed by atoms with Gasteiger partial charge in [0.2, 0.25) is 6.79 Å². The predicted molar refractivity (Wildman–Crippen MR) is 49.3 cm³/mol. The fourth-order valence-corrected chi connectivity index (χ4v) is 1.34. The lowest BCUT2D eigenvalue weighted by atomic mass is 10.1. The second-order valence-corrected chi connectivity index (χ2v) is 2.90. The molecule has 0 fully saturated rings. The van der Waals surface area contributed by atoms with Crippen LogP contribution in [0.1, 0.15) is 20.7 Å². The van der Waals surface area contributed by atoms with Crippen molar-refractivity contribution in [2.45, 2.75) is 0 Å². The largest absolute Gasteiger partial charge is 0.465 e. The summed E-state index contributed by atoms with van der Waals surface area (Å²) in [6.45, 7) is 0.0955. The fraction of sp³-hybridized carbons (Fsp3) is 0.200. The van der Waals surface area contributed by atoms with E-state index in [1.54, 1.807) is 0 Å². The van der Waals surface area contributed by atoms with E-state index in [1.165, 1.54) is 19.2 Å². The zero-order chi connectivity index (χ0) is 10.8. The van der Waals surface area contributed by atoms with E-state index < -0.39 is 5.97 Å². The van der Waals surface area contributed by atoms with Crippen molar-refractivity contribution in [2.24, 2.45) is 0 Å². The lowest BCUT2D eigenvalue weighted by Crippen LogP contribution is -2.05. The molecule has 0 saturated heterocycles. The normalized spacial score (nSPS) is 12.3. The molecule has 1 heterocycles. The van der Waals surface area contributed by atoms with Crippen molar-refractivity contribution < 1.29 is 23.8 Å². The first-order valence-corrected chi connectivity index (χ1v) is 4.23. The van der Waals surface area contributed by atoms with Crippen molar-refractivity contribution in [2.75, 3.05) is 13.9 Å². The van der Waals surface area contributed by atoms with Gasteiger partial charge in [0, 0.05) is 5.56 Å². The minimum Gasteiger partial charge on any atom is -0.465 e. The number of aldehydes is 1. The van der Waals surface area contributed by atoms with Crippen molar-refractivity contribution in [1.82, 2.24) is 0 Å². The summed E-state index contributed by atoms with van der Waals surface area (Å²) in [6.07, 6.45) is 0.578. The quantitative estimate of drug-likeness (QED) is 0.536. The molecule has 0 saturated carbocycles. The Bertz CT molecular complexity index is 424. The second kappa shape index (κ2) is 3.61. The van der Waals surface area contributed by atoms with E-state index in [0.29, 0.717) is 17.8 Å². The number of benzene rings is 1. The lowest BCUT2D eigenvalue weighted by molar-refractivity contribution is 0.0598. The summed E-state index contributed by atoms with van der Waals surface area (Å²) in [6, 6.07) is 2.90. The maximum atomic E-state index is 11.3. The maximum absolute atomic E-state index is 11.3. The van der Waals surface area contributed by atoms with Gasteiger partial charge in [0.1, 0.15) is 0 Å². The number of fused-ring (bicyclic) bond motifs is 1. The summed E-state index contributed by atoms with van der Waals surface area (Å²) in [4.78, 5) is 22.1. The summed E-state index contributed by atoms with van der Waals surface area (Å²) in [7, 11) is 1.25. The van der Waals surface area contributed by atoms with Crippen LogP contribution in [0.25, 0.3) is 0 Å². The summed E-state index contributed by atoms with van der Waals surface area (Å²) in [5.74, 6) is 0.334. The maximum Gasteiger partial charge on any atom is 0.338 e. The van der Waals surface area contributed by atoms with Crippen molar-refractivity contribution in [3.63, 3.8) is 0 Å². The number of ether oxygens (including phenoxy) is 3. The Labute approximate surface area is 85.5 Å². The lowest BCUT2D eigenvalue weighted by Gasteiger charge is -2.04. The smallest absolute Gasteiger partial charge is 0.338 e. The van der Waals surface area contributed by atoms with Gasteiger partial charge in [0.25, 0.3) is 0 Å². The van der Waals surface area contributed by atoms with Crippen LogP contribution in [0, 0.1) is 0 Å². The summed E-state index contributed by atoms with van der Waals surface area (Å²) in [5, 5.41) is 0. The molecule has 2 rings (SSSR count). The van der Waals surface area contributed by atoms with Crippen LogP contribution in [-0.2, 0) is 4.74 Å². The molecule has 0 spiro atoms. The molecule has 5 heteroatoms. The third-order valence-corrected chi connectivity index (χ3v) is 2.08. The Morgan fingerprint density at radius 2 is 2.07 bits per heavy atom. The summed E-state index contributed by atoms with van der Waals surface area (Å²) in [5.41, 5.74) is 0.405. The Morgan fingerprint density at radius 1 is 1.40 bits per heavy atom. The summed E-state index contributed by atoms with van der Waals surface area (Å²) >= 11 is 0. The van der Waals surface area contributed by atoms with Crippen molar-refractivity contribution in [3.8, 4) is 11.5 Å². The first kappa shape index (κ1) is 9.51. The first-order chi connectivity index (χ1) is 7.26. The number of esters is 1. The molecule has 1 aliphatic rings. The zero-order valence-corrected chi connectivity index (χ0v) is 7.98. The Kier molecular flexibility index (Phi) is 2.29. The molecular formula is C10H8O5. The highest BCUT2D eigenvalue weighted by atomic mass is 16.7. The summed E-state index contributed by atoms with van der Waals surface area (Å²) < 4.78 is 14.7. The molecule has 0 radical (unpaired) electrons. The van der Waals surface area contributed by atoms with Crippen LogP contribution in [0.3, 0.4) is 0 Å². The highest BCUT2D eigenvalue weighted by Gasteiger charge is 2.20. The van der Waals surface area contributed by atoms with Gasteiger partial charge >= 0.3 is 5.97 Å². The van der Waals surface area contributed by atoms with Crippen LogP contribution < -0.4 is 9.47 Å². The molecule has 0 aromatic heterocycles. The number of carbonyl (C=O) groups is 2. The van der Waals surface area contributed by atoms with Crippen LogP contribution in [0.4, 0.5) is 0 Å². The molecular weight excluding hydrogens is 200 g/mol. The standard InChI is InChI=1S/C10H8O5/c1-13-10(12)7-3-9-8(14-5-15-9)2-6(7)4-11/h2-4H,5H2,1H3. The highest BCUT2D eigenvalue weighted by Crippen LogP contribution is 2.34. The number of methoxy groups -OCH3 is 1. The number of rotatable bonds is 2. The van der Waals surface area contributed by atoms with Gasteiger partial charge in [-0.1, -0.05) is 0 Å². The average Bonchev–Trinajstić information content (AvgIpc) is 2.73. The molecule has 5 nitrogen and oxygen atoms in total. The van der Waals surface area contributed by atoms with E-state index >= 15 is 0 Å². The van der Waals surface area contributed by atoms with Gasteiger partial charge in [-0.15, -0.1) is 0 Å². The van der Waals surface area contributed by atoms with E-state index in [4.69, 9.17) is 9.47 Å². The van der Waals surface area contributed by atoms with E-state index in [9.17, 15) is 9.59 Å². The van der Waals surface area contributed by atoms with E-state index in [1.807, 2.05) is 0 Å². The second-order valence-electron chi connectivity index (χ2n) is 2.90. The SMILES string of the molecule is COC(=O)c1cc2c(cc1C=O)OCO2. The number of carbonyl (C=O) groups excluding carboxylic acids is 2. The van der Waals surface area contributed by atoms with Crippen LogP contribution in [0.2, 0.25) is 0 Å². The average molecular weight is 208 g/mol. The van der Waals surface area contributed by atoms with Gasteiger partial charge in [0.15, 0.2) is 17.8 Å². The van der Waals surface area contributed by atoms with Gasteiger partial charge in [-0.2, -0.15) is 0 Å². The molecule has 0 aliphatic carbocycles. The fourth-order valence-electron chi connectivity index (χ4n) is 1.34. The van der Waals surface area contributed by atoms with Crippen LogP contribution in [-0.4, -0.2) is 26.2 Å². The minimum absolute atomic E-state index is 0.0955.